The second-order valence-corrected chi connectivity index (χ2v) is 6.92. The summed E-state index contributed by atoms with van der Waals surface area (Å²) >= 11 is 0. The molecule has 3 aliphatic heterocycles. The van der Waals surface area contributed by atoms with Gasteiger partial charge in [-0.05, 0) is 50.8 Å². The van der Waals surface area contributed by atoms with Crippen molar-refractivity contribution in [2.75, 3.05) is 19.0 Å². The molecule has 2 bridgehead atoms. The van der Waals surface area contributed by atoms with Crippen LogP contribution < -0.4 is 15.8 Å². The summed E-state index contributed by atoms with van der Waals surface area (Å²) in [6.07, 6.45) is 5.19. The van der Waals surface area contributed by atoms with Crippen molar-refractivity contribution in [2.24, 2.45) is 11.7 Å². The summed E-state index contributed by atoms with van der Waals surface area (Å²) in [5, 5.41) is 3.59. The summed E-state index contributed by atoms with van der Waals surface area (Å²) in [7, 11) is 2.28. The lowest BCUT2D eigenvalue weighted by molar-refractivity contribution is 0.110. The molecule has 4 heteroatoms. The Morgan fingerprint density at radius 1 is 1.24 bits per heavy atom. The number of ether oxygens (including phenoxy) is 1. The molecule has 0 aromatic heterocycles. The summed E-state index contributed by atoms with van der Waals surface area (Å²) in [6.45, 7) is 0.680. The molecular weight excluding hydrogens is 262 g/mol. The Morgan fingerprint density at radius 3 is 2.71 bits per heavy atom. The summed E-state index contributed by atoms with van der Waals surface area (Å²) < 4.78 is 5.89. The van der Waals surface area contributed by atoms with E-state index >= 15 is 0 Å². The van der Waals surface area contributed by atoms with Crippen LogP contribution >= 0.6 is 0 Å². The normalized spacial score (nSPS) is 36.5. The molecule has 0 spiro atoms. The van der Waals surface area contributed by atoms with E-state index in [9.17, 15) is 0 Å². The minimum Gasteiger partial charge on any atom is -0.489 e. The largest absolute Gasteiger partial charge is 0.489 e. The van der Waals surface area contributed by atoms with Gasteiger partial charge in [-0.3, -0.25) is 0 Å². The first-order valence-corrected chi connectivity index (χ1v) is 8.18. The highest BCUT2D eigenvalue weighted by Crippen LogP contribution is 2.39. The fourth-order valence-electron chi connectivity index (χ4n) is 4.44. The fraction of sp³-hybridized carbons (Fsp3) is 0.647. The van der Waals surface area contributed by atoms with E-state index in [2.05, 4.69) is 23.3 Å². The quantitative estimate of drug-likeness (QED) is 0.874. The Labute approximate surface area is 126 Å². The second-order valence-electron chi connectivity index (χ2n) is 6.92. The number of nitrogens with one attached hydrogen (secondary N) is 1. The van der Waals surface area contributed by atoms with Gasteiger partial charge in [-0.2, -0.15) is 0 Å². The Morgan fingerprint density at radius 2 is 1.95 bits per heavy atom. The van der Waals surface area contributed by atoms with E-state index < -0.39 is 0 Å². The van der Waals surface area contributed by atoms with Crippen molar-refractivity contribution in [3.8, 4) is 5.75 Å². The molecule has 4 rings (SSSR count). The standard InChI is InChI=1S/C17H25N3O/c1-20-12-6-7-13(20)9-11(8-12)17(18)15-10-21-16-5-3-2-4-14(16)19-15/h2-5,11-13,15,17,19H,6-10,18H2,1H3. The molecule has 0 saturated carbocycles. The number of rotatable bonds is 2. The lowest BCUT2D eigenvalue weighted by atomic mass is 9.82. The van der Waals surface area contributed by atoms with E-state index in [1.807, 2.05) is 18.2 Å². The third kappa shape index (κ3) is 2.30. The van der Waals surface area contributed by atoms with E-state index in [4.69, 9.17) is 10.5 Å². The van der Waals surface area contributed by atoms with E-state index in [1.165, 1.54) is 25.7 Å². The van der Waals surface area contributed by atoms with Crippen LogP contribution in [0, 0.1) is 5.92 Å². The fourth-order valence-corrected chi connectivity index (χ4v) is 4.44. The van der Waals surface area contributed by atoms with Gasteiger partial charge in [0, 0.05) is 18.1 Å². The van der Waals surface area contributed by atoms with Crippen LogP contribution in [0.3, 0.4) is 0 Å². The number of fused-ring (bicyclic) bond motifs is 3. The highest BCUT2D eigenvalue weighted by Gasteiger charge is 2.42. The zero-order chi connectivity index (χ0) is 14.4. The Bertz CT molecular complexity index is 507. The predicted molar refractivity (Wildman–Crippen MR) is 84.6 cm³/mol. The molecule has 2 saturated heterocycles. The van der Waals surface area contributed by atoms with Crippen molar-refractivity contribution >= 4 is 5.69 Å². The van der Waals surface area contributed by atoms with Crippen molar-refractivity contribution in [3.63, 3.8) is 0 Å². The minimum absolute atomic E-state index is 0.176. The molecule has 3 N–H and O–H groups in total. The summed E-state index contributed by atoms with van der Waals surface area (Å²) in [5.41, 5.74) is 7.70. The highest BCUT2D eigenvalue weighted by atomic mass is 16.5. The third-order valence-corrected chi connectivity index (χ3v) is 5.79. The Kier molecular flexibility index (Phi) is 3.31. The zero-order valence-electron chi connectivity index (χ0n) is 12.7. The maximum absolute atomic E-state index is 6.62. The summed E-state index contributed by atoms with van der Waals surface area (Å²) in [5.74, 6) is 1.56. The van der Waals surface area contributed by atoms with Crippen molar-refractivity contribution < 1.29 is 4.74 Å². The summed E-state index contributed by atoms with van der Waals surface area (Å²) in [6, 6.07) is 10.0. The van der Waals surface area contributed by atoms with Gasteiger partial charge >= 0.3 is 0 Å². The van der Waals surface area contributed by atoms with Crippen LogP contribution in [-0.2, 0) is 0 Å². The predicted octanol–water partition coefficient (Wildman–Crippen LogP) is 2.06. The van der Waals surface area contributed by atoms with Crippen molar-refractivity contribution in [3.05, 3.63) is 24.3 Å². The topological polar surface area (TPSA) is 50.5 Å². The van der Waals surface area contributed by atoms with Crippen molar-refractivity contribution in [1.82, 2.24) is 4.90 Å². The lowest BCUT2D eigenvalue weighted by Crippen LogP contribution is -2.54. The van der Waals surface area contributed by atoms with Gasteiger partial charge in [-0.1, -0.05) is 12.1 Å². The number of benzene rings is 1. The number of hydrogen-bond acceptors (Lipinski definition) is 4. The first kappa shape index (κ1) is 13.4. The molecule has 4 unspecified atom stereocenters. The van der Waals surface area contributed by atoms with Crippen LogP contribution in [-0.4, -0.2) is 42.7 Å². The van der Waals surface area contributed by atoms with Gasteiger partial charge in [0.1, 0.15) is 12.4 Å². The molecule has 0 radical (unpaired) electrons. The second kappa shape index (κ2) is 5.18. The maximum atomic E-state index is 6.62. The molecular formula is C17H25N3O. The average molecular weight is 287 g/mol. The van der Waals surface area contributed by atoms with Crippen LogP contribution in [0.4, 0.5) is 5.69 Å². The molecule has 0 aliphatic carbocycles. The van der Waals surface area contributed by atoms with Gasteiger partial charge in [0.25, 0.3) is 0 Å². The van der Waals surface area contributed by atoms with Gasteiger partial charge in [0.05, 0.1) is 11.7 Å². The molecule has 1 aromatic rings. The first-order chi connectivity index (χ1) is 10.2. The zero-order valence-corrected chi connectivity index (χ0v) is 12.7. The van der Waals surface area contributed by atoms with Crippen LogP contribution in [0.25, 0.3) is 0 Å². The van der Waals surface area contributed by atoms with Gasteiger partial charge in [-0.25, -0.2) is 0 Å². The molecule has 4 nitrogen and oxygen atoms in total. The first-order valence-electron chi connectivity index (χ1n) is 8.18. The van der Waals surface area contributed by atoms with Crippen molar-refractivity contribution in [2.45, 2.75) is 49.9 Å². The van der Waals surface area contributed by atoms with Crippen molar-refractivity contribution in [1.29, 1.82) is 0 Å². The minimum atomic E-state index is 0.176. The smallest absolute Gasteiger partial charge is 0.142 e. The van der Waals surface area contributed by atoms with E-state index in [0.717, 1.165) is 23.5 Å². The van der Waals surface area contributed by atoms with E-state index in [-0.39, 0.29) is 12.1 Å². The Balaban J connectivity index is 1.46. The van der Waals surface area contributed by atoms with Gasteiger partial charge < -0.3 is 20.7 Å². The third-order valence-electron chi connectivity index (χ3n) is 5.79. The average Bonchev–Trinajstić information content (AvgIpc) is 2.75. The molecule has 3 aliphatic rings. The lowest BCUT2D eigenvalue weighted by Gasteiger charge is -2.42. The summed E-state index contributed by atoms with van der Waals surface area (Å²) in [4.78, 5) is 2.57. The number of nitrogens with two attached hydrogens (primary N) is 1. The van der Waals surface area contributed by atoms with Crippen LogP contribution in [0.15, 0.2) is 24.3 Å². The molecule has 4 atom stereocenters. The van der Waals surface area contributed by atoms with Gasteiger partial charge in [0.2, 0.25) is 0 Å². The number of hydrogen-bond donors (Lipinski definition) is 2. The molecule has 1 aromatic carbocycles. The SMILES string of the molecule is CN1C2CCC1CC(C(N)C1COc3ccccc3N1)C2. The highest BCUT2D eigenvalue weighted by molar-refractivity contribution is 5.58. The Hall–Kier alpha value is -1.26. The van der Waals surface area contributed by atoms with E-state index in [0.29, 0.717) is 12.5 Å². The molecule has 21 heavy (non-hydrogen) atoms. The number of anilines is 1. The van der Waals surface area contributed by atoms with Crippen LogP contribution in [0.5, 0.6) is 5.75 Å². The van der Waals surface area contributed by atoms with Gasteiger partial charge in [-0.15, -0.1) is 0 Å². The number of piperidine rings is 1. The van der Waals surface area contributed by atoms with Crippen LogP contribution in [0.1, 0.15) is 25.7 Å². The monoisotopic (exact) mass is 287 g/mol. The van der Waals surface area contributed by atoms with E-state index in [1.54, 1.807) is 0 Å². The van der Waals surface area contributed by atoms with Crippen LogP contribution in [0.2, 0.25) is 0 Å². The number of nitrogens with zero attached hydrogens (tertiary/aromatic N) is 1. The van der Waals surface area contributed by atoms with Gasteiger partial charge in [0.15, 0.2) is 0 Å². The molecule has 2 fully saturated rings. The molecule has 0 amide bonds. The molecule has 114 valence electrons. The number of para-hydroxylation sites is 2. The molecule has 3 heterocycles. The maximum Gasteiger partial charge on any atom is 0.142 e.